The summed E-state index contributed by atoms with van der Waals surface area (Å²) in [4.78, 5) is 3.70. The zero-order chi connectivity index (χ0) is 20.2. The van der Waals surface area contributed by atoms with Gasteiger partial charge in [-0.25, -0.2) is 4.98 Å². The van der Waals surface area contributed by atoms with Crippen molar-refractivity contribution in [2.75, 3.05) is 21.3 Å². The van der Waals surface area contributed by atoms with Crippen LogP contribution in [0.4, 0.5) is 13.2 Å². The van der Waals surface area contributed by atoms with Gasteiger partial charge in [-0.3, -0.25) is 0 Å². The number of benzene rings is 1. The highest BCUT2D eigenvalue weighted by atomic mass is 32.2. The molecule has 0 aliphatic carbocycles. The minimum atomic E-state index is -5.81. The summed E-state index contributed by atoms with van der Waals surface area (Å²) in [6.45, 7) is 0.661. The van der Waals surface area contributed by atoms with E-state index in [0.29, 0.717) is 16.3 Å². The molecular formula is C16H18F3NO6S. The number of rotatable bonds is 8. The molecular weight excluding hydrogens is 391 g/mol. The Bertz CT molecular complexity index is 914. The highest BCUT2D eigenvalue weighted by Gasteiger charge is 2.48. The first-order valence-electron chi connectivity index (χ1n) is 7.55. The van der Waals surface area contributed by atoms with Crippen LogP contribution in [0.2, 0.25) is 0 Å². The Morgan fingerprint density at radius 1 is 0.963 bits per heavy atom. The molecule has 0 amide bonds. The van der Waals surface area contributed by atoms with E-state index in [1.54, 1.807) is 6.07 Å². The third-order valence-corrected chi connectivity index (χ3v) is 4.63. The summed E-state index contributed by atoms with van der Waals surface area (Å²) in [5.41, 5.74) is -3.32. The first kappa shape index (κ1) is 21.4. The van der Waals surface area contributed by atoms with Gasteiger partial charge in [0.05, 0.1) is 19.8 Å². The molecule has 0 N–H and O–H groups in total. The molecule has 7 nitrogen and oxygen atoms in total. The van der Waals surface area contributed by atoms with Gasteiger partial charge in [0.1, 0.15) is 0 Å². The molecule has 0 bridgehead atoms. The number of pyridine rings is 1. The van der Waals surface area contributed by atoms with Crippen molar-refractivity contribution in [1.29, 1.82) is 0 Å². The summed E-state index contributed by atoms with van der Waals surface area (Å²) >= 11 is 0. The van der Waals surface area contributed by atoms with Crippen LogP contribution < -0.4 is 4.18 Å². The number of methoxy groups -OCH3 is 3. The number of fused-ring (bicyclic) bond motifs is 1. The quantitative estimate of drug-likeness (QED) is 0.490. The molecule has 0 spiro atoms. The highest BCUT2D eigenvalue weighted by molar-refractivity contribution is 7.87. The predicted octanol–water partition coefficient (Wildman–Crippen LogP) is 2.90. The Hall–Kier alpha value is -1.95. The van der Waals surface area contributed by atoms with Gasteiger partial charge in [-0.05, 0) is 28.1 Å². The molecule has 0 unspecified atom stereocenters. The van der Waals surface area contributed by atoms with Gasteiger partial charge in [-0.1, -0.05) is 0 Å². The van der Waals surface area contributed by atoms with Crippen molar-refractivity contribution in [2.24, 2.45) is 0 Å². The van der Waals surface area contributed by atoms with Crippen molar-refractivity contribution in [1.82, 2.24) is 4.98 Å². The lowest BCUT2D eigenvalue weighted by molar-refractivity contribution is -0.0501. The summed E-state index contributed by atoms with van der Waals surface area (Å²) in [5, 5.41) is 0.997. The van der Waals surface area contributed by atoms with Crippen LogP contribution in [-0.2, 0) is 44.1 Å². The Morgan fingerprint density at radius 3 is 2.11 bits per heavy atom. The predicted molar refractivity (Wildman–Crippen MR) is 89.5 cm³/mol. The second-order valence-electron chi connectivity index (χ2n) is 5.52. The van der Waals surface area contributed by atoms with E-state index in [2.05, 4.69) is 9.17 Å². The van der Waals surface area contributed by atoms with E-state index in [-0.39, 0.29) is 19.8 Å². The summed E-state index contributed by atoms with van der Waals surface area (Å²) < 4.78 is 79.6. The van der Waals surface area contributed by atoms with Crippen molar-refractivity contribution in [3.63, 3.8) is 0 Å². The van der Waals surface area contributed by atoms with Gasteiger partial charge in [0, 0.05) is 39.0 Å². The monoisotopic (exact) mass is 409 g/mol. The molecule has 2 rings (SSSR count). The van der Waals surface area contributed by atoms with Crippen LogP contribution in [0.3, 0.4) is 0 Å². The SMILES string of the molecule is COCc1cc2cc(OS(=O)(=O)C(F)(F)F)ncc2c(COC)c1COC. The van der Waals surface area contributed by atoms with E-state index < -0.39 is 21.5 Å². The highest BCUT2D eigenvalue weighted by Crippen LogP contribution is 2.31. The van der Waals surface area contributed by atoms with Gasteiger partial charge in [0.25, 0.3) is 0 Å². The standard InChI is InChI=1S/C16H18F3NO6S/c1-23-7-11-4-10-5-15(26-27(21,22)16(17,18)19)20-6-12(10)14(9-25-3)13(11)8-24-2/h4-6H,7-9H2,1-3H3. The van der Waals surface area contributed by atoms with Crippen molar-refractivity contribution >= 4 is 20.9 Å². The van der Waals surface area contributed by atoms with E-state index in [1.807, 2.05) is 0 Å². The Labute approximate surface area is 154 Å². The topological polar surface area (TPSA) is 84.0 Å². The van der Waals surface area contributed by atoms with Gasteiger partial charge >= 0.3 is 15.6 Å². The zero-order valence-electron chi connectivity index (χ0n) is 14.8. The fraction of sp³-hybridized carbons (Fsp3) is 0.438. The average molecular weight is 409 g/mol. The maximum atomic E-state index is 12.5. The van der Waals surface area contributed by atoms with Crippen LogP contribution in [0.5, 0.6) is 5.88 Å². The Kier molecular flexibility index (Phi) is 6.63. The van der Waals surface area contributed by atoms with Crippen LogP contribution in [-0.4, -0.2) is 40.2 Å². The summed E-state index contributed by atoms with van der Waals surface area (Å²) in [7, 11) is -1.30. The summed E-state index contributed by atoms with van der Waals surface area (Å²) in [6, 6.07) is 2.77. The molecule has 0 aliphatic rings. The van der Waals surface area contributed by atoms with E-state index >= 15 is 0 Å². The second kappa shape index (κ2) is 8.38. The number of ether oxygens (including phenoxy) is 3. The molecule has 0 saturated heterocycles. The average Bonchev–Trinajstić information content (AvgIpc) is 2.56. The fourth-order valence-corrected chi connectivity index (χ4v) is 2.99. The molecule has 0 aliphatic heterocycles. The molecule has 27 heavy (non-hydrogen) atoms. The van der Waals surface area contributed by atoms with Gasteiger partial charge in [0.2, 0.25) is 5.88 Å². The van der Waals surface area contributed by atoms with Gasteiger partial charge in [-0.15, -0.1) is 0 Å². The number of nitrogens with zero attached hydrogens (tertiary/aromatic N) is 1. The van der Waals surface area contributed by atoms with Gasteiger partial charge in [-0.2, -0.15) is 21.6 Å². The lowest BCUT2D eigenvalue weighted by atomic mass is 9.96. The maximum Gasteiger partial charge on any atom is 0.534 e. The maximum absolute atomic E-state index is 12.5. The van der Waals surface area contributed by atoms with Crippen LogP contribution in [0.25, 0.3) is 10.8 Å². The minimum Gasteiger partial charge on any atom is -0.380 e. The van der Waals surface area contributed by atoms with Gasteiger partial charge in [0.15, 0.2) is 0 Å². The van der Waals surface area contributed by atoms with Crippen molar-refractivity contribution < 1.29 is 40.0 Å². The first-order valence-corrected chi connectivity index (χ1v) is 8.96. The molecule has 11 heteroatoms. The Balaban J connectivity index is 2.62. The Morgan fingerprint density at radius 2 is 1.56 bits per heavy atom. The molecule has 0 fully saturated rings. The third-order valence-electron chi connectivity index (χ3n) is 3.67. The van der Waals surface area contributed by atoms with E-state index in [1.165, 1.54) is 27.5 Å². The largest absolute Gasteiger partial charge is 0.534 e. The third kappa shape index (κ3) is 4.67. The number of halogens is 3. The van der Waals surface area contributed by atoms with E-state index in [9.17, 15) is 21.6 Å². The second-order valence-corrected chi connectivity index (χ2v) is 7.06. The number of aromatic nitrogens is 1. The fourth-order valence-electron chi connectivity index (χ4n) is 2.58. The lowest BCUT2D eigenvalue weighted by Crippen LogP contribution is -2.28. The first-order chi connectivity index (χ1) is 12.6. The normalized spacial score (nSPS) is 12.5. The molecule has 0 radical (unpaired) electrons. The summed E-state index contributed by atoms with van der Waals surface area (Å²) in [6.07, 6.45) is 1.24. The van der Waals surface area contributed by atoms with E-state index in [0.717, 1.165) is 17.2 Å². The molecule has 150 valence electrons. The zero-order valence-corrected chi connectivity index (χ0v) is 15.6. The van der Waals surface area contributed by atoms with E-state index in [4.69, 9.17) is 14.2 Å². The summed E-state index contributed by atoms with van der Waals surface area (Å²) in [5.74, 6) is -0.689. The molecule has 1 aromatic heterocycles. The van der Waals surface area contributed by atoms with Crippen LogP contribution in [0.1, 0.15) is 16.7 Å². The lowest BCUT2D eigenvalue weighted by Gasteiger charge is -2.17. The van der Waals surface area contributed by atoms with Crippen LogP contribution >= 0.6 is 0 Å². The minimum absolute atomic E-state index is 0.190. The van der Waals surface area contributed by atoms with Crippen molar-refractivity contribution in [2.45, 2.75) is 25.3 Å². The van der Waals surface area contributed by atoms with Crippen molar-refractivity contribution in [3.05, 3.63) is 35.0 Å². The van der Waals surface area contributed by atoms with Crippen molar-refractivity contribution in [3.8, 4) is 5.88 Å². The molecule has 0 saturated carbocycles. The number of hydrogen-bond acceptors (Lipinski definition) is 7. The number of alkyl halides is 3. The molecule has 1 aromatic carbocycles. The van der Waals surface area contributed by atoms with Crippen LogP contribution in [0.15, 0.2) is 18.3 Å². The smallest absolute Gasteiger partial charge is 0.380 e. The molecule has 0 atom stereocenters. The molecule has 2 aromatic rings. The van der Waals surface area contributed by atoms with Crippen LogP contribution in [0, 0.1) is 0 Å². The number of hydrogen-bond donors (Lipinski definition) is 0. The van der Waals surface area contributed by atoms with Gasteiger partial charge < -0.3 is 18.4 Å². The molecule has 1 heterocycles.